The molecule has 0 spiro atoms. The van der Waals surface area contributed by atoms with Gasteiger partial charge in [0.15, 0.2) is 5.65 Å². The van der Waals surface area contributed by atoms with E-state index in [0.29, 0.717) is 13.2 Å². The highest BCUT2D eigenvalue weighted by Gasteiger charge is 2.27. The highest BCUT2D eigenvalue weighted by molar-refractivity contribution is 5.42. The Morgan fingerprint density at radius 3 is 3.00 bits per heavy atom. The Bertz CT molecular complexity index is 668. The first-order valence-electron chi connectivity index (χ1n) is 8.02. The van der Waals surface area contributed by atoms with Crippen LogP contribution in [0.3, 0.4) is 0 Å². The van der Waals surface area contributed by atoms with Crippen LogP contribution in [-0.2, 0) is 11.3 Å². The first kappa shape index (κ1) is 16.3. The summed E-state index contributed by atoms with van der Waals surface area (Å²) in [5.74, 6) is 0. The van der Waals surface area contributed by atoms with Gasteiger partial charge in [-0.1, -0.05) is 0 Å². The minimum absolute atomic E-state index is 0.0601. The lowest BCUT2D eigenvalue weighted by molar-refractivity contribution is -0.0373. The number of hydrogen-bond acceptors (Lipinski definition) is 6. The molecule has 0 bridgehead atoms. The molecule has 1 aliphatic heterocycles. The van der Waals surface area contributed by atoms with Gasteiger partial charge in [0.05, 0.1) is 24.6 Å². The van der Waals surface area contributed by atoms with Gasteiger partial charge in [0.2, 0.25) is 0 Å². The summed E-state index contributed by atoms with van der Waals surface area (Å²) in [6.45, 7) is 5.89. The average molecular weight is 319 g/mol. The molecule has 1 fully saturated rings. The number of morpholine rings is 1. The molecule has 0 aromatic carbocycles. The summed E-state index contributed by atoms with van der Waals surface area (Å²) in [5, 5.41) is 13.8. The summed E-state index contributed by atoms with van der Waals surface area (Å²) in [5.41, 5.74) is 3.99. The Morgan fingerprint density at radius 2 is 2.26 bits per heavy atom. The molecule has 1 aliphatic rings. The molecule has 3 rings (SSSR count). The molecule has 0 amide bonds. The van der Waals surface area contributed by atoms with Gasteiger partial charge in [-0.3, -0.25) is 4.90 Å². The van der Waals surface area contributed by atoms with E-state index in [4.69, 9.17) is 4.74 Å². The molecule has 1 atom stereocenters. The van der Waals surface area contributed by atoms with Crippen LogP contribution in [0.4, 0.5) is 0 Å². The van der Waals surface area contributed by atoms with Crippen molar-refractivity contribution in [2.24, 2.45) is 0 Å². The number of rotatable bonds is 5. The van der Waals surface area contributed by atoms with Crippen molar-refractivity contribution in [2.75, 3.05) is 46.9 Å². The molecule has 0 radical (unpaired) electrons. The van der Waals surface area contributed by atoms with Crippen molar-refractivity contribution in [2.45, 2.75) is 19.6 Å². The molecule has 0 saturated carbocycles. The maximum absolute atomic E-state index is 9.21. The van der Waals surface area contributed by atoms with Crippen molar-refractivity contribution in [1.82, 2.24) is 24.4 Å². The number of aliphatic hydroxyl groups is 1. The van der Waals surface area contributed by atoms with E-state index in [1.54, 1.807) is 0 Å². The van der Waals surface area contributed by atoms with Crippen LogP contribution in [0.2, 0.25) is 0 Å². The monoisotopic (exact) mass is 319 g/mol. The predicted molar refractivity (Wildman–Crippen MR) is 87.3 cm³/mol. The van der Waals surface area contributed by atoms with Gasteiger partial charge in [-0.25, -0.2) is 9.50 Å². The van der Waals surface area contributed by atoms with Gasteiger partial charge in [0.1, 0.15) is 6.10 Å². The van der Waals surface area contributed by atoms with Crippen LogP contribution in [0, 0.1) is 6.92 Å². The number of ether oxygens (including phenoxy) is 1. The quantitative estimate of drug-likeness (QED) is 0.864. The third-order valence-corrected chi connectivity index (χ3v) is 4.08. The van der Waals surface area contributed by atoms with E-state index >= 15 is 0 Å². The van der Waals surface area contributed by atoms with Crippen molar-refractivity contribution < 1.29 is 9.84 Å². The van der Waals surface area contributed by atoms with Crippen LogP contribution >= 0.6 is 0 Å². The van der Waals surface area contributed by atoms with Crippen molar-refractivity contribution in [3.05, 3.63) is 29.2 Å². The Hall–Kier alpha value is -1.54. The minimum atomic E-state index is -0.0601. The van der Waals surface area contributed by atoms with Gasteiger partial charge >= 0.3 is 0 Å². The first-order valence-corrected chi connectivity index (χ1v) is 8.02. The summed E-state index contributed by atoms with van der Waals surface area (Å²) in [6.07, 6.45) is 1.87. The predicted octanol–water partition coefficient (Wildman–Crippen LogP) is 0.465. The number of β-amino-alcohol motifs (C(OH)–C–C–N with tert-alkyl or cyclic N) is 1. The van der Waals surface area contributed by atoms with Gasteiger partial charge in [-0.15, -0.1) is 0 Å². The van der Waals surface area contributed by atoms with Crippen LogP contribution in [-0.4, -0.2) is 76.4 Å². The summed E-state index contributed by atoms with van der Waals surface area (Å²) >= 11 is 0. The molecule has 23 heavy (non-hydrogen) atoms. The van der Waals surface area contributed by atoms with Gasteiger partial charge < -0.3 is 14.7 Å². The first-order chi connectivity index (χ1) is 11.1. The lowest BCUT2D eigenvalue weighted by atomic mass is 10.1. The number of fused-ring (bicyclic) bond motifs is 1. The lowest BCUT2D eigenvalue weighted by Crippen LogP contribution is -2.40. The maximum Gasteiger partial charge on any atom is 0.155 e. The van der Waals surface area contributed by atoms with Gasteiger partial charge in [0.25, 0.3) is 0 Å². The molecular formula is C16H25N5O2. The molecule has 2 aromatic heterocycles. The van der Waals surface area contributed by atoms with Crippen molar-refractivity contribution in [1.29, 1.82) is 0 Å². The molecule has 2 aromatic rings. The molecular weight excluding hydrogens is 294 g/mol. The highest BCUT2D eigenvalue weighted by Crippen LogP contribution is 2.26. The topological polar surface area (TPSA) is 66.1 Å². The zero-order chi connectivity index (χ0) is 16.4. The standard InChI is InChI=1S/C16H25N5O2/c1-12-8-15-17-9-13(10-19(2)3)16(21(15)18-12)14-11-20(4-6-22)5-7-23-14/h8-9,14,22H,4-7,10-11H2,1-3H3/t14-/m1/s1. The SMILES string of the molecule is Cc1cc2ncc(CN(C)C)c([C@H]3CN(CCO)CCO3)n2n1. The normalized spacial score (nSPS) is 19.8. The fraction of sp³-hybridized carbons (Fsp3) is 0.625. The van der Waals surface area contributed by atoms with E-state index in [2.05, 4.69) is 19.9 Å². The number of nitrogens with zero attached hydrogens (tertiary/aromatic N) is 5. The Morgan fingerprint density at radius 1 is 1.43 bits per heavy atom. The summed E-state index contributed by atoms with van der Waals surface area (Å²) < 4.78 is 7.97. The Balaban J connectivity index is 2.01. The minimum Gasteiger partial charge on any atom is -0.395 e. The molecule has 0 aliphatic carbocycles. The van der Waals surface area contributed by atoms with Crippen molar-refractivity contribution >= 4 is 5.65 Å². The largest absolute Gasteiger partial charge is 0.395 e. The summed E-state index contributed by atoms with van der Waals surface area (Å²) in [7, 11) is 4.09. The molecule has 7 nitrogen and oxygen atoms in total. The van der Waals surface area contributed by atoms with Crippen LogP contribution in [0.15, 0.2) is 12.3 Å². The van der Waals surface area contributed by atoms with Crippen LogP contribution in [0.1, 0.15) is 23.1 Å². The fourth-order valence-corrected chi connectivity index (χ4v) is 3.12. The maximum atomic E-state index is 9.21. The van der Waals surface area contributed by atoms with Crippen LogP contribution in [0.5, 0.6) is 0 Å². The van der Waals surface area contributed by atoms with Crippen LogP contribution in [0.25, 0.3) is 5.65 Å². The zero-order valence-corrected chi connectivity index (χ0v) is 14.1. The molecule has 126 valence electrons. The molecule has 3 heterocycles. The molecule has 1 N–H and O–H groups in total. The Labute approximate surface area is 136 Å². The van der Waals surface area contributed by atoms with E-state index in [1.165, 1.54) is 0 Å². The molecule has 7 heteroatoms. The summed E-state index contributed by atoms with van der Waals surface area (Å²) in [4.78, 5) is 8.88. The van der Waals surface area contributed by atoms with E-state index in [-0.39, 0.29) is 12.7 Å². The third kappa shape index (κ3) is 3.53. The molecule has 1 saturated heterocycles. The zero-order valence-electron chi connectivity index (χ0n) is 14.1. The second-order valence-electron chi connectivity index (χ2n) is 6.35. The second-order valence-corrected chi connectivity index (χ2v) is 6.35. The van der Waals surface area contributed by atoms with Crippen LogP contribution < -0.4 is 0 Å². The summed E-state index contributed by atoms with van der Waals surface area (Å²) in [6, 6.07) is 1.98. The number of aromatic nitrogens is 3. The second kappa shape index (κ2) is 6.92. The van der Waals surface area contributed by atoms with E-state index < -0.39 is 0 Å². The van der Waals surface area contributed by atoms with Gasteiger partial charge in [-0.2, -0.15) is 5.10 Å². The number of hydrogen-bond donors (Lipinski definition) is 1. The van der Waals surface area contributed by atoms with Crippen molar-refractivity contribution in [3.63, 3.8) is 0 Å². The van der Waals surface area contributed by atoms with E-state index in [0.717, 1.165) is 42.2 Å². The van der Waals surface area contributed by atoms with E-state index in [1.807, 2.05) is 37.8 Å². The number of aryl methyl sites for hydroxylation is 1. The smallest absolute Gasteiger partial charge is 0.155 e. The van der Waals surface area contributed by atoms with Gasteiger partial charge in [0, 0.05) is 44.0 Å². The van der Waals surface area contributed by atoms with Gasteiger partial charge in [-0.05, 0) is 21.0 Å². The van der Waals surface area contributed by atoms with Crippen molar-refractivity contribution in [3.8, 4) is 0 Å². The molecule has 0 unspecified atom stereocenters. The third-order valence-electron chi connectivity index (χ3n) is 4.08. The highest BCUT2D eigenvalue weighted by atomic mass is 16.5. The fourth-order valence-electron chi connectivity index (χ4n) is 3.12. The Kier molecular flexibility index (Phi) is 4.91. The lowest BCUT2D eigenvalue weighted by Gasteiger charge is -2.33. The van der Waals surface area contributed by atoms with E-state index in [9.17, 15) is 5.11 Å². The number of aliphatic hydroxyl groups excluding tert-OH is 1. The average Bonchev–Trinajstić information content (AvgIpc) is 2.87.